The molecule has 0 fully saturated rings. The van der Waals surface area contributed by atoms with E-state index in [1.54, 1.807) is 17.5 Å². The zero-order chi connectivity index (χ0) is 11.5. The fourth-order valence-electron chi connectivity index (χ4n) is 1.60. The summed E-state index contributed by atoms with van der Waals surface area (Å²) < 4.78 is 5.66. The number of nitrogens with zero attached hydrogens (tertiary/aromatic N) is 1. The Morgan fingerprint density at radius 3 is 2.94 bits per heavy atom. The van der Waals surface area contributed by atoms with E-state index < -0.39 is 0 Å². The van der Waals surface area contributed by atoms with Crippen LogP contribution in [-0.4, -0.2) is 4.98 Å². The van der Waals surface area contributed by atoms with Crippen LogP contribution in [0.2, 0.25) is 0 Å². The lowest BCUT2D eigenvalue weighted by molar-refractivity contribution is 0.408. The van der Waals surface area contributed by atoms with Gasteiger partial charge in [-0.15, -0.1) is 11.3 Å². The van der Waals surface area contributed by atoms with Crippen molar-refractivity contribution >= 4 is 11.3 Å². The molecule has 2 rings (SSSR count). The number of rotatable bonds is 4. The first-order valence-corrected chi connectivity index (χ1v) is 6.30. The highest BCUT2D eigenvalue weighted by atomic mass is 32.1. The molecule has 86 valence electrons. The monoisotopic (exact) mass is 236 g/mol. The van der Waals surface area contributed by atoms with Crippen LogP contribution >= 0.6 is 11.3 Å². The quantitative estimate of drug-likeness (QED) is 0.884. The van der Waals surface area contributed by atoms with E-state index >= 15 is 0 Å². The lowest BCUT2D eigenvalue weighted by atomic mass is 10.0. The Kier molecular flexibility index (Phi) is 3.41. The molecule has 0 aliphatic carbocycles. The second-order valence-electron chi connectivity index (χ2n) is 4.28. The molecule has 0 aromatic carbocycles. The van der Waals surface area contributed by atoms with Crippen LogP contribution in [0.3, 0.4) is 0 Å². The molecule has 0 aliphatic heterocycles. The van der Waals surface area contributed by atoms with E-state index in [1.165, 1.54) is 0 Å². The predicted octanol–water partition coefficient (Wildman–Crippen LogP) is 3.45. The zero-order valence-electron chi connectivity index (χ0n) is 9.51. The smallest absolute Gasteiger partial charge is 0.211 e. The van der Waals surface area contributed by atoms with Gasteiger partial charge in [-0.3, -0.25) is 0 Å². The minimum atomic E-state index is -0.103. The van der Waals surface area contributed by atoms with Crippen LogP contribution in [0.1, 0.15) is 32.2 Å². The Bertz CT molecular complexity index is 434. The van der Waals surface area contributed by atoms with Crippen LogP contribution in [0.25, 0.3) is 10.6 Å². The van der Waals surface area contributed by atoms with Crippen molar-refractivity contribution in [2.24, 2.45) is 11.7 Å². The Hall–Kier alpha value is -1.13. The molecular weight excluding hydrogens is 220 g/mol. The maximum atomic E-state index is 6.01. The number of oxazole rings is 1. The van der Waals surface area contributed by atoms with Crippen molar-refractivity contribution in [1.82, 2.24) is 4.98 Å². The van der Waals surface area contributed by atoms with Gasteiger partial charge < -0.3 is 10.2 Å². The maximum absolute atomic E-state index is 6.01. The van der Waals surface area contributed by atoms with Crippen LogP contribution < -0.4 is 5.73 Å². The van der Waals surface area contributed by atoms with Crippen LogP contribution in [0.15, 0.2) is 28.1 Å². The normalized spacial score (nSPS) is 13.2. The average Bonchev–Trinajstić information content (AvgIpc) is 2.87. The van der Waals surface area contributed by atoms with Gasteiger partial charge in [-0.25, -0.2) is 4.98 Å². The fraction of sp³-hybridized carbons (Fsp3) is 0.417. The van der Waals surface area contributed by atoms with Gasteiger partial charge in [0.15, 0.2) is 5.76 Å². The van der Waals surface area contributed by atoms with Crippen molar-refractivity contribution in [2.75, 3.05) is 0 Å². The average molecular weight is 236 g/mol. The van der Waals surface area contributed by atoms with Crippen LogP contribution in [0, 0.1) is 5.92 Å². The van der Waals surface area contributed by atoms with Crippen LogP contribution in [0.5, 0.6) is 0 Å². The van der Waals surface area contributed by atoms with E-state index in [0.29, 0.717) is 11.8 Å². The Morgan fingerprint density at radius 2 is 2.31 bits per heavy atom. The minimum Gasteiger partial charge on any atom is -0.438 e. The SMILES string of the molecule is CC(C)CC(N)c1ncc(-c2cccs2)o1. The molecule has 0 spiro atoms. The number of hydrogen-bond acceptors (Lipinski definition) is 4. The fourth-order valence-corrected chi connectivity index (χ4v) is 2.27. The van der Waals surface area contributed by atoms with Crippen molar-refractivity contribution in [3.05, 3.63) is 29.6 Å². The molecule has 0 saturated heterocycles. The molecule has 3 nitrogen and oxygen atoms in total. The summed E-state index contributed by atoms with van der Waals surface area (Å²) in [6.07, 6.45) is 2.64. The van der Waals surface area contributed by atoms with Crippen molar-refractivity contribution in [3.8, 4) is 10.6 Å². The molecule has 2 aromatic rings. The van der Waals surface area contributed by atoms with E-state index in [9.17, 15) is 0 Å². The van der Waals surface area contributed by atoms with Gasteiger partial charge in [0, 0.05) is 0 Å². The standard InChI is InChI=1S/C12H16N2OS/c1-8(2)6-9(13)12-14-7-10(15-12)11-4-3-5-16-11/h3-5,7-9H,6,13H2,1-2H3. The molecule has 0 saturated carbocycles. The molecule has 2 N–H and O–H groups in total. The van der Waals surface area contributed by atoms with E-state index in [2.05, 4.69) is 18.8 Å². The second kappa shape index (κ2) is 4.80. The van der Waals surface area contributed by atoms with Crippen molar-refractivity contribution < 1.29 is 4.42 Å². The third kappa shape index (κ3) is 2.51. The first-order valence-electron chi connectivity index (χ1n) is 5.42. The highest BCUT2D eigenvalue weighted by molar-refractivity contribution is 7.13. The molecule has 0 bridgehead atoms. The van der Waals surface area contributed by atoms with Crippen molar-refractivity contribution in [2.45, 2.75) is 26.3 Å². The number of thiophene rings is 1. The van der Waals surface area contributed by atoms with Crippen molar-refractivity contribution in [3.63, 3.8) is 0 Å². The van der Waals surface area contributed by atoms with E-state index in [0.717, 1.165) is 17.1 Å². The third-order valence-electron chi connectivity index (χ3n) is 2.33. The summed E-state index contributed by atoms with van der Waals surface area (Å²) in [4.78, 5) is 5.33. The summed E-state index contributed by atoms with van der Waals surface area (Å²) in [5, 5.41) is 2.02. The Labute approximate surface area is 99.3 Å². The van der Waals surface area contributed by atoms with E-state index in [4.69, 9.17) is 10.2 Å². The summed E-state index contributed by atoms with van der Waals surface area (Å²) in [7, 11) is 0. The molecule has 1 atom stereocenters. The first kappa shape index (κ1) is 11.4. The van der Waals surface area contributed by atoms with Gasteiger partial charge in [0.25, 0.3) is 0 Å². The third-order valence-corrected chi connectivity index (χ3v) is 3.21. The van der Waals surface area contributed by atoms with Gasteiger partial charge in [0.1, 0.15) is 0 Å². The van der Waals surface area contributed by atoms with Gasteiger partial charge in [0.05, 0.1) is 17.1 Å². The van der Waals surface area contributed by atoms with Gasteiger partial charge in [-0.2, -0.15) is 0 Å². The topological polar surface area (TPSA) is 52.0 Å². The van der Waals surface area contributed by atoms with Crippen molar-refractivity contribution in [1.29, 1.82) is 0 Å². The van der Waals surface area contributed by atoms with Crippen LogP contribution in [-0.2, 0) is 0 Å². The molecule has 4 heteroatoms. The lowest BCUT2D eigenvalue weighted by Gasteiger charge is -2.09. The molecule has 2 aromatic heterocycles. The summed E-state index contributed by atoms with van der Waals surface area (Å²) in [5.74, 6) is 1.99. The summed E-state index contributed by atoms with van der Waals surface area (Å²) in [6.45, 7) is 4.28. The number of hydrogen-bond donors (Lipinski definition) is 1. The molecule has 2 heterocycles. The second-order valence-corrected chi connectivity index (χ2v) is 5.22. The molecule has 0 amide bonds. The summed E-state index contributed by atoms with van der Waals surface area (Å²) >= 11 is 1.64. The van der Waals surface area contributed by atoms with Crippen LogP contribution in [0.4, 0.5) is 0 Å². The van der Waals surface area contributed by atoms with E-state index in [-0.39, 0.29) is 6.04 Å². The molecular formula is C12H16N2OS. The summed E-state index contributed by atoms with van der Waals surface area (Å²) in [6, 6.07) is 3.91. The lowest BCUT2D eigenvalue weighted by Crippen LogP contribution is -2.13. The number of aromatic nitrogens is 1. The van der Waals surface area contributed by atoms with Gasteiger partial charge in [-0.1, -0.05) is 19.9 Å². The zero-order valence-corrected chi connectivity index (χ0v) is 10.3. The molecule has 16 heavy (non-hydrogen) atoms. The minimum absolute atomic E-state index is 0.103. The summed E-state index contributed by atoms with van der Waals surface area (Å²) in [5.41, 5.74) is 6.01. The Morgan fingerprint density at radius 1 is 1.50 bits per heavy atom. The highest BCUT2D eigenvalue weighted by Gasteiger charge is 2.15. The molecule has 0 aliphatic rings. The first-order chi connectivity index (χ1) is 7.66. The predicted molar refractivity (Wildman–Crippen MR) is 66.2 cm³/mol. The molecule has 1 unspecified atom stereocenters. The number of nitrogens with two attached hydrogens (primary N) is 1. The van der Waals surface area contributed by atoms with Gasteiger partial charge in [0.2, 0.25) is 5.89 Å². The van der Waals surface area contributed by atoms with Gasteiger partial charge in [-0.05, 0) is 23.8 Å². The van der Waals surface area contributed by atoms with Gasteiger partial charge >= 0.3 is 0 Å². The van der Waals surface area contributed by atoms with E-state index in [1.807, 2.05) is 17.5 Å². The highest BCUT2D eigenvalue weighted by Crippen LogP contribution is 2.27. The Balaban J connectivity index is 2.13. The maximum Gasteiger partial charge on any atom is 0.211 e. The molecule has 0 radical (unpaired) electrons. The largest absolute Gasteiger partial charge is 0.438 e.